The second kappa shape index (κ2) is 4.72. The van der Waals surface area contributed by atoms with E-state index < -0.39 is 0 Å². The van der Waals surface area contributed by atoms with Crippen LogP contribution >= 0.6 is 0 Å². The molecule has 3 rings (SSSR count). The third-order valence-corrected chi connectivity index (χ3v) is 3.02. The molecule has 0 spiro atoms. The highest BCUT2D eigenvalue weighted by Crippen LogP contribution is 2.16. The monoisotopic (exact) mass is 256 g/mol. The number of benzene rings is 2. The largest absolute Gasteiger partial charge is 0.497 e. The minimum atomic E-state index is -0.262. The smallest absolute Gasteiger partial charge is 0.125 e. The molecule has 4 heteroatoms. The van der Waals surface area contributed by atoms with Gasteiger partial charge in [0.25, 0.3) is 0 Å². The highest BCUT2D eigenvalue weighted by Gasteiger charge is 2.03. The van der Waals surface area contributed by atoms with Crippen LogP contribution in [0.25, 0.3) is 10.9 Å². The number of ether oxygens (including phenoxy) is 1. The minimum absolute atomic E-state index is 0.262. The van der Waals surface area contributed by atoms with Gasteiger partial charge in [-0.25, -0.2) is 4.39 Å². The molecular formula is C15H13FN2O. The summed E-state index contributed by atoms with van der Waals surface area (Å²) in [7, 11) is 1.64. The maximum atomic E-state index is 13.1. The summed E-state index contributed by atoms with van der Waals surface area (Å²) in [5.74, 6) is 0.568. The number of hydrogen-bond donors (Lipinski definition) is 0. The van der Waals surface area contributed by atoms with Crippen LogP contribution in [0.3, 0.4) is 0 Å². The van der Waals surface area contributed by atoms with E-state index in [0.717, 1.165) is 16.7 Å². The maximum absolute atomic E-state index is 13.1. The van der Waals surface area contributed by atoms with Gasteiger partial charge < -0.3 is 4.74 Å². The van der Waals surface area contributed by atoms with Crippen LogP contribution in [0.4, 0.5) is 4.39 Å². The second-order valence-corrected chi connectivity index (χ2v) is 4.38. The topological polar surface area (TPSA) is 27.1 Å². The lowest BCUT2D eigenvalue weighted by atomic mass is 10.2. The molecule has 0 aliphatic rings. The van der Waals surface area contributed by atoms with Crippen LogP contribution in [0.15, 0.2) is 48.7 Å². The lowest BCUT2D eigenvalue weighted by molar-refractivity contribution is 0.414. The normalized spacial score (nSPS) is 10.8. The molecule has 0 aliphatic carbocycles. The number of rotatable bonds is 3. The molecule has 0 N–H and O–H groups in total. The Morgan fingerprint density at radius 1 is 1.16 bits per heavy atom. The predicted molar refractivity (Wildman–Crippen MR) is 71.8 cm³/mol. The lowest BCUT2D eigenvalue weighted by Gasteiger charge is -2.03. The van der Waals surface area contributed by atoms with Crippen molar-refractivity contribution in [3.63, 3.8) is 0 Å². The van der Waals surface area contributed by atoms with E-state index in [1.807, 2.05) is 35.1 Å². The van der Waals surface area contributed by atoms with E-state index in [9.17, 15) is 4.39 Å². The number of fused-ring (bicyclic) bond motifs is 1. The van der Waals surface area contributed by atoms with Gasteiger partial charge in [0.15, 0.2) is 0 Å². The summed E-state index contributed by atoms with van der Waals surface area (Å²) in [6, 6.07) is 12.4. The average molecular weight is 256 g/mol. The van der Waals surface area contributed by atoms with Crippen LogP contribution in [-0.2, 0) is 6.54 Å². The molecule has 0 aliphatic heterocycles. The van der Waals surface area contributed by atoms with E-state index in [0.29, 0.717) is 12.1 Å². The summed E-state index contributed by atoms with van der Waals surface area (Å²) in [5.41, 5.74) is 1.79. The van der Waals surface area contributed by atoms with Crippen molar-refractivity contribution in [2.24, 2.45) is 0 Å². The molecule has 1 heterocycles. The number of halogens is 1. The van der Waals surface area contributed by atoms with Crippen molar-refractivity contribution in [1.82, 2.24) is 9.78 Å². The molecule has 0 unspecified atom stereocenters. The first-order chi connectivity index (χ1) is 9.24. The molecule has 0 saturated carbocycles. The Labute approximate surface area is 110 Å². The van der Waals surface area contributed by atoms with Crippen LogP contribution in [-0.4, -0.2) is 16.9 Å². The number of methoxy groups -OCH3 is 1. The second-order valence-electron chi connectivity index (χ2n) is 4.38. The first kappa shape index (κ1) is 11.7. The molecule has 0 fully saturated rings. The van der Waals surface area contributed by atoms with Gasteiger partial charge in [0.2, 0.25) is 0 Å². The molecular weight excluding hydrogens is 243 g/mol. The Morgan fingerprint density at radius 2 is 1.95 bits per heavy atom. The molecule has 0 saturated heterocycles. The molecule has 3 nitrogen and oxygen atoms in total. The van der Waals surface area contributed by atoms with E-state index in [1.165, 1.54) is 12.1 Å². The van der Waals surface area contributed by atoms with Crippen LogP contribution in [0.2, 0.25) is 0 Å². The zero-order valence-corrected chi connectivity index (χ0v) is 10.5. The molecule has 19 heavy (non-hydrogen) atoms. The van der Waals surface area contributed by atoms with Crippen LogP contribution < -0.4 is 4.74 Å². The predicted octanol–water partition coefficient (Wildman–Crippen LogP) is 3.23. The Hall–Kier alpha value is -2.36. The zero-order valence-electron chi connectivity index (χ0n) is 10.5. The first-order valence-electron chi connectivity index (χ1n) is 6.00. The summed E-state index contributed by atoms with van der Waals surface area (Å²) in [6.45, 7) is 0.653. The molecule has 0 amide bonds. The van der Waals surface area contributed by atoms with Gasteiger partial charge in [0.1, 0.15) is 11.6 Å². The van der Waals surface area contributed by atoms with Crippen LogP contribution in [0.1, 0.15) is 5.56 Å². The van der Waals surface area contributed by atoms with Crippen molar-refractivity contribution < 1.29 is 9.13 Å². The van der Waals surface area contributed by atoms with E-state index in [4.69, 9.17) is 4.74 Å². The number of aromatic nitrogens is 2. The van der Waals surface area contributed by atoms with Crippen LogP contribution in [0.5, 0.6) is 5.75 Å². The maximum Gasteiger partial charge on any atom is 0.125 e. The standard InChI is InChI=1S/C15H13FN2O/c1-19-14-6-2-11(3-7-14)9-18-10-12-4-5-13(16)8-15(12)17-18/h2-8,10H,9H2,1H3. The van der Waals surface area contributed by atoms with Gasteiger partial charge in [-0.05, 0) is 29.8 Å². The minimum Gasteiger partial charge on any atom is -0.497 e. The van der Waals surface area contributed by atoms with E-state index in [2.05, 4.69) is 5.10 Å². The van der Waals surface area contributed by atoms with Gasteiger partial charge in [0, 0.05) is 17.6 Å². The third kappa shape index (κ3) is 2.42. The molecule has 0 bridgehead atoms. The fourth-order valence-corrected chi connectivity index (χ4v) is 2.04. The van der Waals surface area contributed by atoms with Gasteiger partial charge in [-0.2, -0.15) is 5.10 Å². The summed E-state index contributed by atoms with van der Waals surface area (Å²) in [5, 5.41) is 5.30. The Bertz CT molecular complexity index is 704. The van der Waals surface area contributed by atoms with Crippen molar-refractivity contribution in [1.29, 1.82) is 0 Å². The van der Waals surface area contributed by atoms with Gasteiger partial charge >= 0.3 is 0 Å². The fourth-order valence-electron chi connectivity index (χ4n) is 2.04. The van der Waals surface area contributed by atoms with Crippen molar-refractivity contribution in [3.8, 4) is 5.75 Å². The SMILES string of the molecule is COc1ccc(Cn2cc3ccc(F)cc3n2)cc1. The fraction of sp³-hybridized carbons (Fsp3) is 0.133. The van der Waals surface area contributed by atoms with Crippen molar-refractivity contribution in [2.75, 3.05) is 7.11 Å². The van der Waals surface area contributed by atoms with E-state index in [-0.39, 0.29) is 5.82 Å². The summed E-state index contributed by atoms with van der Waals surface area (Å²) in [6.07, 6.45) is 1.92. The Balaban J connectivity index is 1.87. The van der Waals surface area contributed by atoms with Crippen molar-refractivity contribution in [2.45, 2.75) is 6.54 Å². The third-order valence-electron chi connectivity index (χ3n) is 3.02. The van der Waals surface area contributed by atoms with E-state index in [1.54, 1.807) is 13.2 Å². The first-order valence-corrected chi connectivity index (χ1v) is 6.00. The summed E-state index contributed by atoms with van der Waals surface area (Å²) in [4.78, 5) is 0. The molecule has 2 aromatic carbocycles. The zero-order chi connectivity index (χ0) is 13.2. The molecule has 0 radical (unpaired) electrons. The molecule has 0 atom stereocenters. The average Bonchev–Trinajstić information content (AvgIpc) is 2.81. The summed E-state index contributed by atoms with van der Waals surface area (Å²) < 4.78 is 20.0. The molecule has 1 aromatic heterocycles. The van der Waals surface area contributed by atoms with Crippen LogP contribution in [0, 0.1) is 5.82 Å². The Kier molecular flexibility index (Phi) is 2.91. The Morgan fingerprint density at radius 3 is 2.68 bits per heavy atom. The quantitative estimate of drug-likeness (QED) is 0.719. The molecule has 3 aromatic rings. The highest BCUT2D eigenvalue weighted by atomic mass is 19.1. The lowest BCUT2D eigenvalue weighted by Crippen LogP contribution is -1.99. The van der Waals surface area contributed by atoms with Gasteiger partial charge in [-0.3, -0.25) is 4.68 Å². The van der Waals surface area contributed by atoms with Crippen molar-refractivity contribution >= 4 is 10.9 Å². The van der Waals surface area contributed by atoms with Gasteiger partial charge in [-0.1, -0.05) is 12.1 Å². The highest BCUT2D eigenvalue weighted by molar-refractivity contribution is 5.77. The summed E-state index contributed by atoms with van der Waals surface area (Å²) >= 11 is 0. The number of nitrogens with zero attached hydrogens (tertiary/aromatic N) is 2. The molecule has 96 valence electrons. The van der Waals surface area contributed by atoms with Gasteiger partial charge in [0.05, 0.1) is 19.2 Å². The van der Waals surface area contributed by atoms with Crippen molar-refractivity contribution in [3.05, 3.63) is 60.0 Å². The van der Waals surface area contributed by atoms with Gasteiger partial charge in [-0.15, -0.1) is 0 Å². The van der Waals surface area contributed by atoms with E-state index >= 15 is 0 Å². The number of hydrogen-bond acceptors (Lipinski definition) is 2.